The Labute approximate surface area is 166 Å². The van der Waals surface area contributed by atoms with Gasteiger partial charge in [0.15, 0.2) is 0 Å². The van der Waals surface area contributed by atoms with Crippen molar-refractivity contribution in [3.8, 4) is 0 Å². The minimum atomic E-state index is -3.69. The summed E-state index contributed by atoms with van der Waals surface area (Å²) in [5.41, 5.74) is 0.643. The molecule has 0 fully saturated rings. The van der Waals surface area contributed by atoms with Crippen molar-refractivity contribution in [2.45, 2.75) is 64.2 Å². The molecule has 0 aromatic heterocycles. The molecule has 1 aliphatic carbocycles. The summed E-state index contributed by atoms with van der Waals surface area (Å²) in [5.74, 6) is -0.245. The quantitative estimate of drug-likeness (QED) is 0.788. The summed E-state index contributed by atoms with van der Waals surface area (Å²) in [4.78, 5) is 1.01. The smallest absolute Gasteiger partial charge is 0.240 e. The van der Waals surface area contributed by atoms with Gasteiger partial charge in [0.25, 0.3) is 0 Å². The van der Waals surface area contributed by atoms with Crippen LogP contribution in [0.2, 0.25) is 0 Å². The minimum absolute atomic E-state index is 0.242. The number of nitrogens with one attached hydrogen (secondary N) is 1. The Morgan fingerprint density at radius 1 is 1.04 bits per heavy atom. The summed E-state index contributed by atoms with van der Waals surface area (Å²) >= 11 is 0. The second-order valence-electron chi connectivity index (χ2n) is 9.14. The standard InChI is InChI=1S/C21H31NO3S2/c1-15-11-13-16(14-12-15)27(24,25)22-19(20(2,3)4)17-9-8-10-18(17)26(23)21(5,6)7/h8-14,17,19,22H,1-7H3/t17?,19-,26?/m0/s1. The van der Waals surface area contributed by atoms with Gasteiger partial charge in [-0.1, -0.05) is 50.6 Å². The van der Waals surface area contributed by atoms with E-state index in [0.29, 0.717) is 0 Å². The average molecular weight is 410 g/mol. The molecule has 0 aliphatic heterocycles. The molecule has 1 aromatic carbocycles. The van der Waals surface area contributed by atoms with E-state index in [-0.39, 0.29) is 16.2 Å². The van der Waals surface area contributed by atoms with Crippen molar-refractivity contribution >= 4 is 20.8 Å². The van der Waals surface area contributed by atoms with Crippen molar-refractivity contribution < 1.29 is 12.6 Å². The highest BCUT2D eigenvalue weighted by atomic mass is 32.2. The van der Waals surface area contributed by atoms with Crippen molar-refractivity contribution in [2.24, 2.45) is 11.3 Å². The highest BCUT2D eigenvalue weighted by molar-refractivity contribution is 7.90. The molecule has 1 aliphatic rings. The maximum Gasteiger partial charge on any atom is 0.240 e. The lowest BCUT2D eigenvalue weighted by Gasteiger charge is -2.37. The fourth-order valence-corrected chi connectivity index (χ4v) is 5.87. The van der Waals surface area contributed by atoms with Crippen LogP contribution in [0.4, 0.5) is 0 Å². The second-order valence-corrected chi connectivity index (χ2v) is 13.1. The van der Waals surface area contributed by atoms with Gasteiger partial charge in [0, 0.05) is 21.6 Å². The molecule has 1 N–H and O–H groups in total. The van der Waals surface area contributed by atoms with Gasteiger partial charge in [-0.15, -0.1) is 0 Å². The minimum Gasteiger partial charge on any atom is -0.254 e. The van der Waals surface area contributed by atoms with Crippen LogP contribution in [-0.2, 0) is 20.8 Å². The largest absolute Gasteiger partial charge is 0.254 e. The van der Waals surface area contributed by atoms with E-state index in [1.165, 1.54) is 0 Å². The number of rotatable bonds is 5. The fourth-order valence-electron chi connectivity index (χ4n) is 3.03. The number of sulfonamides is 1. The van der Waals surface area contributed by atoms with Gasteiger partial charge in [-0.05, 0) is 51.3 Å². The lowest BCUT2D eigenvalue weighted by Crippen LogP contribution is -2.49. The predicted octanol–water partition coefficient (Wildman–Crippen LogP) is 4.31. The Hall–Kier alpha value is -1.24. The maximum absolute atomic E-state index is 13.0. The zero-order chi connectivity index (χ0) is 20.6. The van der Waals surface area contributed by atoms with Gasteiger partial charge >= 0.3 is 0 Å². The Morgan fingerprint density at radius 3 is 2.07 bits per heavy atom. The molecular weight excluding hydrogens is 378 g/mol. The Bertz CT molecular complexity index is 867. The molecule has 27 heavy (non-hydrogen) atoms. The van der Waals surface area contributed by atoms with Crippen LogP contribution in [0.25, 0.3) is 0 Å². The predicted molar refractivity (Wildman–Crippen MR) is 113 cm³/mol. The SMILES string of the molecule is Cc1ccc(S(=O)(=O)N[C@@H](C2C=CC=C2S(=O)C(C)(C)C)C(C)(C)C)cc1. The number of hydrogen-bond acceptors (Lipinski definition) is 3. The zero-order valence-corrected chi connectivity index (χ0v) is 18.9. The number of allylic oxidation sites excluding steroid dienone is 2. The van der Waals surface area contributed by atoms with E-state index in [2.05, 4.69) is 4.72 Å². The van der Waals surface area contributed by atoms with Crippen LogP contribution in [-0.4, -0.2) is 23.4 Å². The van der Waals surface area contributed by atoms with Crippen LogP contribution < -0.4 is 4.72 Å². The number of benzene rings is 1. The van der Waals surface area contributed by atoms with E-state index in [0.717, 1.165) is 10.5 Å². The number of aryl methyl sites for hydroxylation is 1. The first-order chi connectivity index (χ1) is 12.2. The molecule has 2 rings (SSSR count). The third kappa shape index (κ3) is 5.18. The maximum atomic E-state index is 13.0. The molecule has 1 aromatic rings. The summed E-state index contributed by atoms with van der Waals surface area (Å²) < 4.78 is 41.5. The van der Waals surface area contributed by atoms with Crippen molar-refractivity contribution in [3.05, 3.63) is 53.0 Å². The van der Waals surface area contributed by atoms with E-state index < -0.39 is 31.6 Å². The first-order valence-electron chi connectivity index (χ1n) is 9.13. The highest BCUT2D eigenvalue weighted by Gasteiger charge is 2.40. The second kappa shape index (κ2) is 7.64. The van der Waals surface area contributed by atoms with Crippen molar-refractivity contribution in [1.82, 2.24) is 4.72 Å². The average Bonchev–Trinajstić information content (AvgIpc) is 2.99. The summed E-state index contributed by atoms with van der Waals surface area (Å²) in [6.45, 7) is 13.7. The molecular formula is C21H31NO3S2. The van der Waals surface area contributed by atoms with E-state index in [4.69, 9.17) is 0 Å². The van der Waals surface area contributed by atoms with Crippen LogP contribution in [0.3, 0.4) is 0 Å². The molecule has 0 saturated heterocycles. The van der Waals surface area contributed by atoms with Gasteiger partial charge in [0.1, 0.15) is 0 Å². The van der Waals surface area contributed by atoms with Crippen LogP contribution in [0.5, 0.6) is 0 Å². The Morgan fingerprint density at radius 2 is 1.59 bits per heavy atom. The Balaban J connectivity index is 2.39. The normalized spacial score (nSPS) is 20.4. The van der Waals surface area contributed by atoms with Gasteiger partial charge in [0.05, 0.1) is 15.7 Å². The summed E-state index contributed by atoms with van der Waals surface area (Å²) in [7, 11) is -4.90. The van der Waals surface area contributed by atoms with E-state index in [9.17, 15) is 12.6 Å². The van der Waals surface area contributed by atoms with Gasteiger partial charge in [-0.2, -0.15) is 0 Å². The first-order valence-corrected chi connectivity index (χ1v) is 11.8. The van der Waals surface area contributed by atoms with E-state index >= 15 is 0 Å². The molecule has 0 spiro atoms. The molecule has 4 nitrogen and oxygen atoms in total. The monoisotopic (exact) mass is 409 g/mol. The third-order valence-electron chi connectivity index (χ3n) is 4.58. The van der Waals surface area contributed by atoms with Crippen molar-refractivity contribution in [2.75, 3.05) is 0 Å². The fraction of sp³-hybridized carbons (Fsp3) is 0.524. The lowest BCUT2D eigenvalue weighted by molar-refractivity contribution is 0.267. The topological polar surface area (TPSA) is 63.2 Å². The third-order valence-corrected chi connectivity index (χ3v) is 7.99. The van der Waals surface area contributed by atoms with Gasteiger partial charge in [-0.3, -0.25) is 4.21 Å². The Kier molecular flexibility index (Phi) is 6.24. The summed E-state index contributed by atoms with van der Waals surface area (Å²) in [6, 6.07) is 6.39. The zero-order valence-electron chi connectivity index (χ0n) is 17.2. The highest BCUT2D eigenvalue weighted by Crippen LogP contribution is 2.38. The van der Waals surface area contributed by atoms with Gasteiger partial charge in [-0.25, -0.2) is 13.1 Å². The summed E-state index contributed by atoms with van der Waals surface area (Å²) in [5, 5.41) is 0. The van der Waals surface area contributed by atoms with Crippen LogP contribution in [0, 0.1) is 18.3 Å². The van der Waals surface area contributed by atoms with Crippen LogP contribution in [0.15, 0.2) is 52.3 Å². The van der Waals surface area contributed by atoms with E-state index in [1.807, 2.05) is 66.7 Å². The van der Waals surface area contributed by atoms with Crippen molar-refractivity contribution in [1.29, 1.82) is 0 Å². The molecule has 150 valence electrons. The van der Waals surface area contributed by atoms with Gasteiger partial charge < -0.3 is 0 Å². The number of hydrogen-bond donors (Lipinski definition) is 1. The van der Waals surface area contributed by atoms with Gasteiger partial charge in [0.2, 0.25) is 10.0 Å². The molecule has 0 bridgehead atoms. The molecule has 0 heterocycles. The first kappa shape index (κ1) is 22.1. The van der Waals surface area contributed by atoms with Crippen molar-refractivity contribution in [3.63, 3.8) is 0 Å². The molecule has 0 amide bonds. The van der Waals surface area contributed by atoms with Crippen LogP contribution in [0.1, 0.15) is 47.1 Å². The lowest BCUT2D eigenvalue weighted by atomic mass is 9.80. The summed E-state index contributed by atoms with van der Waals surface area (Å²) in [6.07, 6.45) is 5.69. The molecule has 6 heteroatoms. The van der Waals surface area contributed by atoms with Crippen LogP contribution >= 0.6 is 0 Å². The molecule has 0 saturated carbocycles. The molecule has 0 radical (unpaired) electrons. The molecule has 3 atom stereocenters. The molecule has 2 unspecified atom stereocenters. The van der Waals surface area contributed by atoms with E-state index in [1.54, 1.807) is 24.3 Å².